The molecule has 134 valence electrons. The lowest BCUT2D eigenvalue weighted by molar-refractivity contribution is -0.114. The van der Waals surface area contributed by atoms with Crippen LogP contribution in [0.15, 0.2) is 30.3 Å². The normalized spacial score (nSPS) is 10.6. The van der Waals surface area contributed by atoms with Gasteiger partial charge in [0.1, 0.15) is 5.75 Å². The lowest BCUT2D eigenvalue weighted by Gasteiger charge is -2.12. The average Bonchev–Trinajstić information content (AvgIpc) is 2.99. The van der Waals surface area contributed by atoms with E-state index in [0.29, 0.717) is 16.6 Å². The van der Waals surface area contributed by atoms with Crippen molar-refractivity contribution < 1.29 is 14.3 Å². The number of thiazole rings is 1. The summed E-state index contributed by atoms with van der Waals surface area (Å²) in [6, 6.07) is 8.85. The molecule has 2 N–H and O–H groups in total. The van der Waals surface area contributed by atoms with Crippen LogP contribution in [0.25, 0.3) is 10.2 Å². The highest BCUT2D eigenvalue weighted by molar-refractivity contribution is 7.22. The van der Waals surface area contributed by atoms with Gasteiger partial charge in [0, 0.05) is 13.0 Å². The molecule has 3 aromatic rings. The van der Waals surface area contributed by atoms with Gasteiger partial charge >= 0.3 is 0 Å². The van der Waals surface area contributed by atoms with Crippen molar-refractivity contribution in [2.75, 3.05) is 17.7 Å². The van der Waals surface area contributed by atoms with E-state index in [0.717, 1.165) is 15.8 Å². The van der Waals surface area contributed by atoms with Crippen LogP contribution >= 0.6 is 22.9 Å². The Bertz CT molecular complexity index is 1020. The molecular formula is C18H16ClN3O3S. The van der Waals surface area contributed by atoms with Crippen molar-refractivity contribution in [3.63, 3.8) is 0 Å². The van der Waals surface area contributed by atoms with Gasteiger partial charge in [-0.1, -0.05) is 35.1 Å². The zero-order valence-electron chi connectivity index (χ0n) is 14.3. The second kappa shape index (κ2) is 7.31. The number of nitrogens with zero attached hydrogens (tertiary/aromatic N) is 1. The number of rotatable bonds is 4. The molecule has 0 unspecified atom stereocenters. The number of para-hydroxylation sites is 1. The van der Waals surface area contributed by atoms with Gasteiger partial charge in [0.2, 0.25) is 5.91 Å². The Labute approximate surface area is 159 Å². The smallest absolute Gasteiger partial charge is 0.261 e. The quantitative estimate of drug-likeness (QED) is 0.689. The number of anilines is 2. The minimum absolute atomic E-state index is 0.242. The summed E-state index contributed by atoms with van der Waals surface area (Å²) < 4.78 is 6.26. The van der Waals surface area contributed by atoms with Crippen LogP contribution in [0.1, 0.15) is 22.8 Å². The van der Waals surface area contributed by atoms with Gasteiger partial charge in [-0.05, 0) is 24.6 Å². The molecule has 0 fully saturated rings. The monoisotopic (exact) mass is 389 g/mol. The molecule has 0 radical (unpaired) electrons. The topological polar surface area (TPSA) is 80.3 Å². The van der Waals surface area contributed by atoms with Crippen LogP contribution in [-0.2, 0) is 4.79 Å². The summed E-state index contributed by atoms with van der Waals surface area (Å²) in [5.74, 6) is -0.362. The molecule has 1 heterocycles. The molecule has 6 nitrogen and oxygen atoms in total. The van der Waals surface area contributed by atoms with Gasteiger partial charge in [-0.2, -0.15) is 0 Å². The van der Waals surface area contributed by atoms with Crippen LogP contribution in [0.3, 0.4) is 0 Å². The number of fused-ring (bicyclic) bond motifs is 1. The largest absolute Gasteiger partial charge is 0.496 e. The SMILES string of the molecule is COc1cc(NC(C)=O)c(Cl)cc1C(=O)Nc1nc2c(C)cccc2s1. The summed E-state index contributed by atoms with van der Waals surface area (Å²) in [6.45, 7) is 3.34. The molecule has 0 saturated carbocycles. The highest BCUT2D eigenvalue weighted by atomic mass is 35.5. The van der Waals surface area contributed by atoms with Gasteiger partial charge in [-0.3, -0.25) is 14.9 Å². The van der Waals surface area contributed by atoms with Crippen molar-refractivity contribution >= 4 is 55.8 Å². The van der Waals surface area contributed by atoms with Crippen LogP contribution in [0, 0.1) is 6.92 Å². The Morgan fingerprint density at radius 2 is 2.00 bits per heavy atom. The molecule has 3 rings (SSSR count). The minimum atomic E-state index is -0.394. The molecule has 1 aromatic heterocycles. The molecule has 0 aliphatic rings. The molecule has 0 aliphatic heterocycles. The number of amides is 2. The van der Waals surface area contributed by atoms with Crippen molar-refractivity contribution in [1.29, 1.82) is 0 Å². The van der Waals surface area contributed by atoms with E-state index in [1.165, 1.54) is 37.5 Å². The van der Waals surface area contributed by atoms with Gasteiger partial charge < -0.3 is 10.1 Å². The van der Waals surface area contributed by atoms with E-state index in [1.807, 2.05) is 25.1 Å². The highest BCUT2D eigenvalue weighted by Crippen LogP contribution is 2.33. The Morgan fingerprint density at radius 3 is 2.65 bits per heavy atom. The first-order valence-corrected chi connectivity index (χ1v) is 8.91. The third-order valence-corrected chi connectivity index (χ3v) is 4.93. The highest BCUT2D eigenvalue weighted by Gasteiger charge is 2.18. The standard InChI is InChI=1S/C18H16ClN3O3S/c1-9-5-4-6-15-16(9)21-18(26-15)22-17(24)11-7-12(19)13(20-10(2)23)8-14(11)25-3/h4-8H,1-3H3,(H,20,23)(H,21,22,24). The van der Waals surface area contributed by atoms with Gasteiger partial charge in [0.25, 0.3) is 5.91 Å². The lowest BCUT2D eigenvalue weighted by Crippen LogP contribution is -2.14. The van der Waals surface area contributed by atoms with Crippen molar-refractivity contribution in [3.8, 4) is 5.75 Å². The molecule has 0 aliphatic carbocycles. The first-order chi connectivity index (χ1) is 12.4. The number of halogens is 1. The van der Waals surface area contributed by atoms with E-state index in [1.54, 1.807) is 0 Å². The average molecular weight is 390 g/mol. The van der Waals surface area contributed by atoms with E-state index >= 15 is 0 Å². The summed E-state index contributed by atoms with van der Waals surface area (Å²) >= 11 is 7.56. The second-order valence-corrected chi connectivity index (χ2v) is 7.05. The van der Waals surface area contributed by atoms with Gasteiger partial charge in [0.05, 0.1) is 33.6 Å². The van der Waals surface area contributed by atoms with Gasteiger partial charge in [0.15, 0.2) is 5.13 Å². The molecule has 2 aromatic carbocycles. The molecule has 0 atom stereocenters. The summed E-state index contributed by atoms with van der Waals surface area (Å²) in [5, 5.41) is 6.11. The van der Waals surface area contributed by atoms with Crippen LogP contribution in [-0.4, -0.2) is 23.9 Å². The molecule has 0 spiro atoms. The van der Waals surface area contributed by atoms with Crippen LogP contribution < -0.4 is 15.4 Å². The number of ether oxygens (including phenoxy) is 1. The molecule has 26 heavy (non-hydrogen) atoms. The van der Waals surface area contributed by atoms with Crippen molar-refractivity contribution in [2.24, 2.45) is 0 Å². The minimum Gasteiger partial charge on any atom is -0.496 e. The number of aryl methyl sites for hydroxylation is 1. The maximum absolute atomic E-state index is 12.7. The van der Waals surface area contributed by atoms with Gasteiger partial charge in [-0.25, -0.2) is 4.98 Å². The van der Waals surface area contributed by atoms with E-state index in [4.69, 9.17) is 16.3 Å². The van der Waals surface area contributed by atoms with Crippen LogP contribution in [0.4, 0.5) is 10.8 Å². The van der Waals surface area contributed by atoms with Crippen LogP contribution in [0.2, 0.25) is 5.02 Å². The number of nitrogens with one attached hydrogen (secondary N) is 2. The zero-order valence-corrected chi connectivity index (χ0v) is 15.9. The Morgan fingerprint density at radius 1 is 1.23 bits per heavy atom. The summed E-state index contributed by atoms with van der Waals surface area (Å²) in [5.41, 5.74) is 2.53. The fourth-order valence-electron chi connectivity index (χ4n) is 2.49. The molecule has 2 amide bonds. The molecule has 0 saturated heterocycles. The summed E-state index contributed by atoms with van der Waals surface area (Å²) in [7, 11) is 1.44. The maximum atomic E-state index is 12.7. The van der Waals surface area contributed by atoms with Crippen molar-refractivity contribution in [3.05, 3.63) is 46.5 Å². The fourth-order valence-corrected chi connectivity index (χ4v) is 3.64. The van der Waals surface area contributed by atoms with Crippen molar-refractivity contribution in [2.45, 2.75) is 13.8 Å². The Balaban J connectivity index is 1.92. The number of carbonyl (C=O) groups excluding carboxylic acids is 2. The predicted molar refractivity (Wildman–Crippen MR) is 105 cm³/mol. The Kier molecular flexibility index (Phi) is 5.11. The molecule has 0 bridgehead atoms. The number of hydrogen-bond acceptors (Lipinski definition) is 5. The third kappa shape index (κ3) is 3.63. The summed E-state index contributed by atoms with van der Waals surface area (Å²) in [6.07, 6.45) is 0. The molecule has 8 heteroatoms. The molecular weight excluding hydrogens is 374 g/mol. The maximum Gasteiger partial charge on any atom is 0.261 e. The van der Waals surface area contributed by atoms with Gasteiger partial charge in [-0.15, -0.1) is 0 Å². The second-order valence-electron chi connectivity index (χ2n) is 5.61. The van der Waals surface area contributed by atoms with E-state index in [2.05, 4.69) is 15.6 Å². The Hall–Kier alpha value is -2.64. The number of hydrogen-bond donors (Lipinski definition) is 2. The number of aromatic nitrogens is 1. The van der Waals surface area contributed by atoms with Crippen LogP contribution in [0.5, 0.6) is 5.75 Å². The summed E-state index contributed by atoms with van der Waals surface area (Å²) in [4.78, 5) is 28.4. The van der Waals surface area contributed by atoms with E-state index in [9.17, 15) is 9.59 Å². The fraction of sp³-hybridized carbons (Fsp3) is 0.167. The number of carbonyl (C=O) groups is 2. The first kappa shape index (κ1) is 18.2. The number of benzene rings is 2. The van der Waals surface area contributed by atoms with Crippen molar-refractivity contribution in [1.82, 2.24) is 4.98 Å². The lowest BCUT2D eigenvalue weighted by atomic mass is 10.1. The first-order valence-electron chi connectivity index (χ1n) is 7.71. The predicted octanol–water partition coefficient (Wildman–Crippen LogP) is 4.48. The van der Waals surface area contributed by atoms with E-state index in [-0.39, 0.29) is 16.5 Å². The number of methoxy groups -OCH3 is 1. The third-order valence-electron chi connectivity index (χ3n) is 3.69. The van der Waals surface area contributed by atoms with E-state index < -0.39 is 5.91 Å². The zero-order chi connectivity index (χ0) is 18.8.